The number of rotatable bonds is 3. The number of ether oxygens (including phenoxy) is 1. The van der Waals surface area contributed by atoms with Gasteiger partial charge in [0.15, 0.2) is 0 Å². The summed E-state index contributed by atoms with van der Waals surface area (Å²) in [5.74, 6) is 0.654. The lowest BCUT2D eigenvalue weighted by molar-refractivity contribution is 0.122. The first-order valence-electron chi connectivity index (χ1n) is 8.96. The summed E-state index contributed by atoms with van der Waals surface area (Å²) in [7, 11) is 0. The second-order valence-corrected chi connectivity index (χ2v) is 6.63. The highest BCUT2D eigenvalue weighted by molar-refractivity contribution is 6.15. The number of anilines is 1. The molecule has 7 heteroatoms. The van der Waals surface area contributed by atoms with Crippen molar-refractivity contribution in [1.29, 1.82) is 0 Å². The topological polar surface area (TPSA) is 66.4 Å². The maximum atomic E-state index is 14.5. The van der Waals surface area contributed by atoms with Crippen LogP contribution in [0.25, 0.3) is 11.3 Å². The molecule has 3 aromatic rings. The fraction of sp³-hybridized carbons (Fsp3) is 0.250. The molecule has 0 spiro atoms. The standard InChI is InChI=1S/C20H18FN5O/c21-17-9-14-12-23-20(15(14)11-16(17)18-2-4-24-25-18)13-1-3-22-19(10-13)26-5-7-27-8-6-26/h1-4,9-11H,5-8,12H2,(H,24,25). The van der Waals surface area contributed by atoms with Crippen molar-refractivity contribution >= 4 is 11.5 Å². The van der Waals surface area contributed by atoms with Crippen LogP contribution < -0.4 is 4.90 Å². The number of pyridine rings is 1. The van der Waals surface area contributed by atoms with E-state index in [1.807, 2.05) is 12.1 Å². The first-order chi connectivity index (χ1) is 13.3. The summed E-state index contributed by atoms with van der Waals surface area (Å²) in [5, 5.41) is 6.76. The lowest BCUT2D eigenvalue weighted by Crippen LogP contribution is -2.36. The van der Waals surface area contributed by atoms with Gasteiger partial charge in [0.2, 0.25) is 0 Å². The van der Waals surface area contributed by atoms with Crippen LogP contribution >= 0.6 is 0 Å². The van der Waals surface area contributed by atoms with Crippen LogP contribution in [-0.4, -0.2) is 47.2 Å². The van der Waals surface area contributed by atoms with Gasteiger partial charge in [-0.3, -0.25) is 10.1 Å². The molecule has 4 heterocycles. The first-order valence-corrected chi connectivity index (χ1v) is 8.96. The molecule has 136 valence electrons. The number of nitrogens with zero attached hydrogens (tertiary/aromatic N) is 4. The Morgan fingerprint density at radius 3 is 2.74 bits per heavy atom. The van der Waals surface area contributed by atoms with E-state index >= 15 is 0 Å². The van der Waals surface area contributed by atoms with Crippen LogP contribution in [0, 0.1) is 5.82 Å². The molecule has 0 amide bonds. The molecule has 2 aliphatic rings. The Balaban J connectivity index is 1.53. The van der Waals surface area contributed by atoms with Crippen LogP contribution in [0.2, 0.25) is 0 Å². The van der Waals surface area contributed by atoms with Crippen LogP contribution in [0.1, 0.15) is 16.7 Å². The summed E-state index contributed by atoms with van der Waals surface area (Å²) in [6.07, 6.45) is 3.43. The quantitative estimate of drug-likeness (QED) is 0.777. The zero-order chi connectivity index (χ0) is 18.2. The van der Waals surface area contributed by atoms with Crippen molar-refractivity contribution in [3.63, 3.8) is 0 Å². The molecular formula is C20H18FN5O. The minimum Gasteiger partial charge on any atom is -0.378 e. The van der Waals surface area contributed by atoms with E-state index in [2.05, 4.69) is 31.1 Å². The highest BCUT2D eigenvalue weighted by Crippen LogP contribution is 2.31. The average Bonchev–Trinajstić information content (AvgIpc) is 3.38. The van der Waals surface area contributed by atoms with E-state index in [9.17, 15) is 4.39 Å². The minimum absolute atomic E-state index is 0.266. The van der Waals surface area contributed by atoms with Crippen LogP contribution in [0.5, 0.6) is 0 Å². The molecule has 2 aromatic heterocycles. The van der Waals surface area contributed by atoms with E-state index < -0.39 is 0 Å². The number of nitrogens with one attached hydrogen (secondary N) is 1. The molecule has 1 fully saturated rings. The second kappa shape index (κ2) is 6.59. The Hall–Kier alpha value is -3.06. The van der Waals surface area contributed by atoms with Gasteiger partial charge in [0, 0.05) is 42.2 Å². The summed E-state index contributed by atoms with van der Waals surface area (Å²) >= 11 is 0. The van der Waals surface area contributed by atoms with Gasteiger partial charge in [-0.2, -0.15) is 5.10 Å². The van der Waals surface area contributed by atoms with E-state index in [0.29, 0.717) is 31.0 Å². The lowest BCUT2D eigenvalue weighted by atomic mass is 9.97. The summed E-state index contributed by atoms with van der Waals surface area (Å²) in [6, 6.07) is 9.21. The molecular weight excluding hydrogens is 345 g/mol. The number of fused-ring (bicyclic) bond motifs is 1. The van der Waals surface area contributed by atoms with Crippen molar-refractivity contribution in [3.8, 4) is 11.3 Å². The van der Waals surface area contributed by atoms with Gasteiger partial charge < -0.3 is 9.64 Å². The molecule has 0 atom stereocenters. The third-order valence-electron chi connectivity index (χ3n) is 5.00. The molecule has 5 rings (SSSR count). The van der Waals surface area contributed by atoms with Crippen molar-refractivity contribution in [2.75, 3.05) is 31.2 Å². The molecule has 0 radical (unpaired) electrons. The predicted octanol–water partition coefficient (Wildman–Crippen LogP) is 2.80. The summed E-state index contributed by atoms with van der Waals surface area (Å²) in [4.78, 5) is 11.4. The Morgan fingerprint density at radius 1 is 1.04 bits per heavy atom. The number of benzene rings is 1. The lowest BCUT2D eigenvalue weighted by Gasteiger charge is -2.28. The van der Waals surface area contributed by atoms with Crippen LogP contribution in [0.4, 0.5) is 10.2 Å². The molecule has 1 aromatic carbocycles. The van der Waals surface area contributed by atoms with Gasteiger partial charge in [-0.1, -0.05) is 0 Å². The smallest absolute Gasteiger partial charge is 0.132 e. The Kier molecular flexibility index (Phi) is 3.94. The fourth-order valence-electron chi connectivity index (χ4n) is 3.61. The van der Waals surface area contributed by atoms with Gasteiger partial charge in [0.1, 0.15) is 11.6 Å². The highest BCUT2D eigenvalue weighted by atomic mass is 19.1. The number of halogens is 1. The van der Waals surface area contributed by atoms with E-state index in [1.54, 1.807) is 24.5 Å². The first kappa shape index (κ1) is 16.1. The summed E-state index contributed by atoms with van der Waals surface area (Å²) in [6.45, 7) is 3.56. The molecule has 1 saturated heterocycles. The van der Waals surface area contributed by atoms with Gasteiger partial charge in [0.25, 0.3) is 0 Å². The fourth-order valence-corrected chi connectivity index (χ4v) is 3.61. The van der Waals surface area contributed by atoms with Crippen molar-refractivity contribution < 1.29 is 9.13 Å². The molecule has 1 N–H and O–H groups in total. The third-order valence-corrected chi connectivity index (χ3v) is 5.00. The SMILES string of the molecule is Fc1cc2c(cc1-c1ccn[nH]1)C(c1ccnc(N3CCOCC3)c1)=NC2. The monoisotopic (exact) mass is 363 g/mol. The van der Waals surface area contributed by atoms with Crippen molar-refractivity contribution in [2.45, 2.75) is 6.54 Å². The number of aromatic nitrogens is 3. The highest BCUT2D eigenvalue weighted by Gasteiger charge is 2.22. The Labute approximate surface area is 155 Å². The Bertz CT molecular complexity index is 1010. The van der Waals surface area contributed by atoms with Crippen LogP contribution in [-0.2, 0) is 11.3 Å². The Morgan fingerprint density at radius 2 is 1.93 bits per heavy atom. The zero-order valence-corrected chi connectivity index (χ0v) is 14.7. The number of hydrogen-bond acceptors (Lipinski definition) is 5. The molecule has 0 unspecified atom stereocenters. The van der Waals surface area contributed by atoms with Gasteiger partial charge in [-0.15, -0.1) is 0 Å². The van der Waals surface area contributed by atoms with Crippen molar-refractivity contribution in [2.24, 2.45) is 4.99 Å². The number of aliphatic imine (C=N–C) groups is 1. The number of hydrogen-bond donors (Lipinski definition) is 1. The maximum absolute atomic E-state index is 14.5. The number of aromatic amines is 1. The molecule has 6 nitrogen and oxygen atoms in total. The normalized spacial score (nSPS) is 16.3. The number of morpholine rings is 1. The van der Waals surface area contributed by atoms with Crippen molar-refractivity contribution in [1.82, 2.24) is 15.2 Å². The van der Waals surface area contributed by atoms with Gasteiger partial charge in [-0.05, 0) is 35.9 Å². The minimum atomic E-state index is -0.266. The molecule has 27 heavy (non-hydrogen) atoms. The molecule has 0 saturated carbocycles. The van der Waals surface area contributed by atoms with Gasteiger partial charge >= 0.3 is 0 Å². The zero-order valence-electron chi connectivity index (χ0n) is 14.7. The second-order valence-electron chi connectivity index (χ2n) is 6.63. The van der Waals surface area contributed by atoms with E-state index in [4.69, 9.17) is 4.74 Å². The molecule has 2 aliphatic heterocycles. The van der Waals surface area contributed by atoms with Crippen molar-refractivity contribution in [3.05, 3.63) is 65.2 Å². The average molecular weight is 363 g/mol. The van der Waals surface area contributed by atoms with E-state index in [-0.39, 0.29) is 5.82 Å². The number of H-pyrrole nitrogens is 1. The molecule has 0 bridgehead atoms. The summed E-state index contributed by atoms with van der Waals surface area (Å²) in [5.41, 5.74) is 4.89. The third kappa shape index (κ3) is 2.90. The predicted molar refractivity (Wildman–Crippen MR) is 101 cm³/mol. The molecule has 0 aliphatic carbocycles. The van der Waals surface area contributed by atoms with E-state index in [1.165, 1.54) is 0 Å². The maximum Gasteiger partial charge on any atom is 0.132 e. The van der Waals surface area contributed by atoms with Crippen LogP contribution in [0.3, 0.4) is 0 Å². The largest absolute Gasteiger partial charge is 0.378 e. The van der Waals surface area contributed by atoms with Gasteiger partial charge in [-0.25, -0.2) is 9.37 Å². The van der Waals surface area contributed by atoms with E-state index in [0.717, 1.165) is 41.3 Å². The van der Waals surface area contributed by atoms with Gasteiger partial charge in [0.05, 0.1) is 31.2 Å². The van der Waals surface area contributed by atoms with Crippen LogP contribution in [0.15, 0.2) is 47.7 Å². The summed E-state index contributed by atoms with van der Waals surface area (Å²) < 4.78 is 19.9.